The minimum Gasteiger partial charge on any atom is -0.376 e. The number of urea groups is 1. The molecule has 0 saturated carbocycles. The van der Waals surface area contributed by atoms with Crippen LogP contribution in [0.1, 0.15) is 26.7 Å². The van der Waals surface area contributed by atoms with Gasteiger partial charge in [0.25, 0.3) is 0 Å². The lowest BCUT2D eigenvalue weighted by Gasteiger charge is -2.37. The third kappa shape index (κ3) is 4.83. The molecule has 0 aliphatic carbocycles. The van der Waals surface area contributed by atoms with E-state index < -0.39 is 0 Å². The first-order chi connectivity index (χ1) is 12.0. The molecule has 2 aliphatic heterocycles. The molecule has 3 rings (SSSR count). The van der Waals surface area contributed by atoms with Crippen LogP contribution < -0.4 is 15.5 Å². The number of hydrogen-bond donors (Lipinski definition) is 2. The summed E-state index contributed by atoms with van der Waals surface area (Å²) in [6, 6.07) is 4.42. The quantitative estimate of drug-likeness (QED) is 0.876. The Morgan fingerprint density at radius 1 is 1.32 bits per heavy atom. The Morgan fingerprint density at radius 2 is 2.08 bits per heavy atom. The van der Waals surface area contributed by atoms with Crippen molar-refractivity contribution in [1.29, 1.82) is 0 Å². The van der Waals surface area contributed by atoms with Crippen molar-refractivity contribution in [3.8, 4) is 0 Å². The number of carbonyl (C=O) groups excluding carboxylic acids is 1. The summed E-state index contributed by atoms with van der Waals surface area (Å²) in [5, 5.41) is 5.42. The van der Waals surface area contributed by atoms with Gasteiger partial charge < -0.3 is 25.0 Å². The first-order valence-corrected chi connectivity index (χ1v) is 8.87. The maximum absolute atomic E-state index is 14.5. The van der Waals surface area contributed by atoms with Gasteiger partial charge in [0.05, 0.1) is 24.0 Å². The number of hydrogen-bond acceptors (Lipinski definition) is 4. The van der Waals surface area contributed by atoms with Crippen LogP contribution in [0.2, 0.25) is 0 Å². The maximum Gasteiger partial charge on any atom is 0.319 e. The number of carbonyl (C=O) groups is 1. The highest BCUT2D eigenvalue weighted by Crippen LogP contribution is 2.26. The number of nitrogens with one attached hydrogen (secondary N) is 2. The Bertz CT molecular complexity index is 597. The van der Waals surface area contributed by atoms with E-state index in [0.717, 1.165) is 19.4 Å². The van der Waals surface area contributed by atoms with Crippen molar-refractivity contribution >= 4 is 17.4 Å². The third-order valence-electron chi connectivity index (χ3n) is 4.48. The summed E-state index contributed by atoms with van der Waals surface area (Å²) in [5.41, 5.74) is 0.966. The Kier molecular flexibility index (Phi) is 5.75. The molecule has 1 aromatic rings. The SMILES string of the molecule is C[C@@H]1CN(c2ccc(NC(=O)NC[C@H]3CCCO3)cc2F)C[C@@H](C)O1. The second-order valence-corrected chi connectivity index (χ2v) is 6.80. The standard InChI is InChI=1S/C18H26FN3O3/c1-12-10-22(11-13(2)25-12)17-6-5-14(8-16(17)19)21-18(23)20-9-15-4-3-7-24-15/h5-6,8,12-13,15H,3-4,7,9-11H2,1-2H3,(H2,20,21,23)/t12-,13-,15-/m1/s1. The summed E-state index contributed by atoms with van der Waals surface area (Å²) < 4.78 is 25.6. The molecule has 1 aromatic carbocycles. The van der Waals surface area contributed by atoms with Gasteiger partial charge in [-0.05, 0) is 44.9 Å². The van der Waals surface area contributed by atoms with Crippen molar-refractivity contribution in [3.05, 3.63) is 24.0 Å². The fraction of sp³-hybridized carbons (Fsp3) is 0.611. The lowest BCUT2D eigenvalue weighted by Crippen LogP contribution is -2.45. The number of nitrogens with zero attached hydrogens (tertiary/aromatic N) is 1. The molecule has 2 fully saturated rings. The van der Waals surface area contributed by atoms with E-state index in [0.29, 0.717) is 31.0 Å². The van der Waals surface area contributed by atoms with E-state index in [1.807, 2.05) is 18.7 Å². The first-order valence-electron chi connectivity index (χ1n) is 8.87. The number of ether oxygens (including phenoxy) is 2. The predicted octanol–water partition coefficient (Wildman–Crippen LogP) is 2.74. The Labute approximate surface area is 147 Å². The molecule has 2 N–H and O–H groups in total. The third-order valence-corrected chi connectivity index (χ3v) is 4.48. The number of amides is 2. The fourth-order valence-corrected chi connectivity index (χ4v) is 3.40. The first kappa shape index (κ1) is 17.9. The smallest absolute Gasteiger partial charge is 0.319 e. The van der Waals surface area contributed by atoms with E-state index in [-0.39, 0.29) is 30.2 Å². The Balaban J connectivity index is 1.56. The van der Waals surface area contributed by atoms with Gasteiger partial charge in [0, 0.05) is 31.9 Å². The second-order valence-electron chi connectivity index (χ2n) is 6.80. The van der Waals surface area contributed by atoms with Gasteiger partial charge in [-0.3, -0.25) is 0 Å². The van der Waals surface area contributed by atoms with Crippen LogP contribution in [0.5, 0.6) is 0 Å². The van der Waals surface area contributed by atoms with Crippen molar-refractivity contribution in [2.75, 3.05) is 36.5 Å². The number of morpholine rings is 1. The summed E-state index contributed by atoms with van der Waals surface area (Å²) in [4.78, 5) is 13.9. The largest absolute Gasteiger partial charge is 0.376 e. The maximum atomic E-state index is 14.5. The van der Waals surface area contributed by atoms with Crippen molar-refractivity contribution in [2.45, 2.75) is 45.0 Å². The molecule has 0 bridgehead atoms. The molecule has 0 spiro atoms. The van der Waals surface area contributed by atoms with Gasteiger partial charge in [-0.1, -0.05) is 0 Å². The molecule has 0 aromatic heterocycles. The molecule has 2 aliphatic rings. The number of anilines is 2. The average molecular weight is 351 g/mol. The number of halogens is 1. The monoisotopic (exact) mass is 351 g/mol. The summed E-state index contributed by atoms with van der Waals surface area (Å²) in [7, 11) is 0. The van der Waals surface area contributed by atoms with Crippen LogP contribution in [-0.2, 0) is 9.47 Å². The highest BCUT2D eigenvalue weighted by atomic mass is 19.1. The van der Waals surface area contributed by atoms with Gasteiger partial charge in [-0.2, -0.15) is 0 Å². The van der Waals surface area contributed by atoms with Crippen molar-refractivity contribution in [1.82, 2.24) is 5.32 Å². The number of rotatable bonds is 4. The topological polar surface area (TPSA) is 62.8 Å². The summed E-state index contributed by atoms with van der Waals surface area (Å²) in [6.07, 6.45) is 2.18. The van der Waals surface area contributed by atoms with Crippen LogP contribution in [0.3, 0.4) is 0 Å². The summed E-state index contributed by atoms with van der Waals surface area (Å²) in [5.74, 6) is -0.349. The van der Waals surface area contributed by atoms with Gasteiger partial charge in [-0.25, -0.2) is 9.18 Å². The lowest BCUT2D eigenvalue weighted by atomic mass is 10.2. The molecule has 138 valence electrons. The van der Waals surface area contributed by atoms with Crippen molar-refractivity contribution in [3.63, 3.8) is 0 Å². The predicted molar refractivity (Wildman–Crippen MR) is 94.6 cm³/mol. The highest BCUT2D eigenvalue weighted by Gasteiger charge is 2.24. The molecular weight excluding hydrogens is 325 g/mol. The average Bonchev–Trinajstić information content (AvgIpc) is 3.05. The van der Waals surface area contributed by atoms with E-state index in [2.05, 4.69) is 10.6 Å². The number of benzene rings is 1. The normalized spacial score (nSPS) is 26.5. The molecule has 2 saturated heterocycles. The second kappa shape index (κ2) is 8.01. The summed E-state index contributed by atoms with van der Waals surface area (Å²) >= 11 is 0. The fourth-order valence-electron chi connectivity index (χ4n) is 3.40. The van der Waals surface area contributed by atoms with Crippen LogP contribution in [0.15, 0.2) is 18.2 Å². The van der Waals surface area contributed by atoms with Crippen molar-refractivity contribution < 1.29 is 18.7 Å². The van der Waals surface area contributed by atoms with Gasteiger partial charge in [-0.15, -0.1) is 0 Å². The Hall–Kier alpha value is -1.86. The van der Waals surface area contributed by atoms with Crippen LogP contribution in [0.25, 0.3) is 0 Å². The van der Waals surface area contributed by atoms with Gasteiger partial charge >= 0.3 is 6.03 Å². The van der Waals surface area contributed by atoms with Gasteiger partial charge in [0.2, 0.25) is 0 Å². The van der Waals surface area contributed by atoms with Gasteiger partial charge in [0.1, 0.15) is 5.82 Å². The van der Waals surface area contributed by atoms with Gasteiger partial charge in [0.15, 0.2) is 0 Å². The van der Waals surface area contributed by atoms with E-state index >= 15 is 0 Å². The minimum absolute atomic E-state index is 0.0598. The van der Waals surface area contributed by atoms with Crippen LogP contribution in [0.4, 0.5) is 20.6 Å². The molecule has 7 heteroatoms. The molecule has 25 heavy (non-hydrogen) atoms. The van der Waals surface area contributed by atoms with E-state index in [4.69, 9.17) is 9.47 Å². The summed E-state index contributed by atoms with van der Waals surface area (Å²) in [6.45, 7) is 6.48. The molecule has 0 radical (unpaired) electrons. The molecular formula is C18H26FN3O3. The molecule has 2 heterocycles. The molecule has 0 unspecified atom stereocenters. The van der Waals surface area contributed by atoms with E-state index in [9.17, 15) is 9.18 Å². The van der Waals surface area contributed by atoms with Crippen LogP contribution in [-0.4, -0.2) is 50.6 Å². The van der Waals surface area contributed by atoms with Crippen LogP contribution in [0, 0.1) is 5.82 Å². The Morgan fingerprint density at radius 3 is 2.72 bits per heavy atom. The van der Waals surface area contributed by atoms with Crippen LogP contribution >= 0.6 is 0 Å². The minimum atomic E-state index is -0.351. The molecule has 3 atom stereocenters. The zero-order chi connectivity index (χ0) is 17.8. The van der Waals surface area contributed by atoms with E-state index in [1.54, 1.807) is 12.1 Å². The molecule has 2 amide bonds. The van der Waals surface area contributed by atoms with Crippen molar-refractivity contribution in [2.24, 2.45) is 0 Å². The zero-order valence-electron chi connectivity index (χ0n) is 14.8. The zero-order valence-corrected chi connectivity index (χ0v) is 14.8. The highest BCUT2D eigenvalue weighted by molar-refractivity contribution is 5.89. The van der Waals surface area contributed by atoms with E-state index in [1.165, 1.54) is 6.07 Å². The molecule has 6 nitrogen and oxygen atoms in total. The lowest BCUT2D eigenvalue weighted by molar-refractivity contribution is -0.00539.